The lowest BCUT2D eigenvalue weighted by atomic mass is 9.99. The molecule has 4 aromatic rings. The summed E-state index contributed by atoms with van der Waals surface area (Å²) in [5, 5.41) is 13.0. The van der Waals surface area contributed by atoms with Crippen LogP contribution in [0.4, 0.5) is 5.95 Å². The van der Waals surface area contributed by atoms with Gasteiger partial charge in [-0.25, -0.2) is 19.7 Å². The summed E-state index contributed by atoms with van der Waals surface area (Å²) in [6, 6.07) is 14.8. The Hall–Kier alpha value is -4.22. The predicted molar refractivity (Wildman–Crippen MR) is 176 cm³/mol. The van der Waals surface area contributed by atoms with E-state index in [4.69, 9.17) is 14.5 Å². The molecule has 2 aromatic carbocycles. The van der Waals surface area contributed by atoms with Crippen LogP contribution >= 0.6 is 11.9 Å². The predicted octanol–water partition coefficient (Wildman–Crippen LogP) is 6.88. The highest BCUT2D eigenvalue weighted by Gasteiger charge is 2.39. The SMILES string of the molecule is Cc1cccc(C)c1-c1cc(OC[C@@H](CC2(C)CC2)NCc2ncc(OC(C)C)cn2)nc(NSc2cccc(C(=O)O)c2)n1. The van der Waals surface area contributed by atoms with Crippen LogP contribution in [0.3, 0.4) is 0 Å². The highest BCUT2D eigenvalue weighted by Crippen LogP contribution is 2.49. The van der Waals surface area contributed by atoms with Gasteiger partial charge in [-0.3, -0.25) is 4.72 Å². The van der Waals surface area contributed by atoms with Gasteiger partial charge < -0.3 is 19.9 Å². The topological polar surface area (TPSA) is 131 Å². The first kappa shape index (κ1) is 32.2. The fourth-order valence-corrected chi connectivity index (χ4v) is 5.71. The van der Waals surface area contributed by atoms with Crippen molar-refractivity contribution in [3.05, 3.63) is 83.4 Å². The maximum atomic E-state index is 11.4. The summed E-state index contributed by atoms with van der Waals surface area (Å²) >= 11 is 1.25. The van der Waals surface area contributed by atoms with E-state index in [-0.39, 0.29) is 17.7 Å². The number of benzene rings is 2. The van der Waals surface area contributed by atoms with Crippen LogP contribution in [0.25, 0.3) is 11.3 Å². The minimum atomic E-state index is -0.978. The number of anilines is 1. The van der Waals surface area contributed by atoms with E-state index in [2.05, 4.69) is 57.9 Å². The number of nitrogens with zero attached hydrogens (tertiary/aromatic N) is 4. The molecule has 1 aliphatic carbocycles. The van der Waals surface area contributed by atoms with Crippen molar-refractivity contribution in [2.75, 3.05) is 11.3 Å². The first-order valence-corrected chi connectivity index (χ1v) is 15.9. The number of rotatable bonds is 15. The molecule has 45 heavy (non-hydrogen) atoms. The Balaban J connectivity index is 1.34. The normalized spacial score (nSPS) is 14.2. The fraction of sp³-hybridized carbons (Fsp3) is 0.382. The quantitative estimate of drug-likeness (QED) is 0.119. The third-order valence-corrected chi connectivity index (χ3v) is 8.43. The van der Waals surface area contributed by atoms with Gasteiger partial charge in [-0.15, -0.1) is 0 Å². The van der Waals surface area contributed by atoms with E-state index in [0.29, 0.717) is 42.0 Å². The van der Waals surface area contributed by atoms with E-state index in [1.54, 1.807) is 30.6 Å². The zero-order valence-corrected chi connectivity index (χ0v) is 27.1. The summed E-state index contributed by atoms with van der Waals surface area (Å²) in [6.07, 6.45) is 6.82. The molecule has 236 valence electrons. The van der Waals surface area contributed by atoms with Gasteiger partial charge in [0.1, 0.15) is 12.4 Å². The average molecular weight is 629 g/mol. The van der Waals surface area contributed by atoms with E-state index in [1.807, 2.05) is 32.0 Å². The van der Waals surface area contributed by atoms with E-state index in [1.165, 1.54) is 24.8 Å². The number of aryl methyl sites for hydroxylation is 2. The van der Waals surface area contributed by atoms with Crippen LogP contribution in [0, 0.1) is 19.3 Å². The summed E-state index contributed by atoms with van der Waals surface area (Å²) < 4.78 is 15.2. The van der Waals surface area contributed by atoms with Crippen molar-refractivity contribution in [3.63, 3.8) is 0 Å². The molecule has 10 nitrogen and oxygen atoms in total. The molecule has 1 aliphatic rings. The van der Waals surface area contributed by atoms with Crippen LogP contribution in [0.2, 0.25) is 0 Å². The Kier molecular flexibility index (Phi) is 10.2. The Labute approximate surface area is 268 Å². The van der Waals surface area contributed by atoms with Gasteiger partial charge in [-0.1, -0.05) is 31.2 Å². The second-order valence-corrected chi connectivity index (χ2v) is 13.0. The van der Waals surface area contributed by atoms with Crippen LogP contribution in [0.1, 0.15) is 67.3 Å². The number of carboxylic acids is 1. The number of nitrogens with one attached hydrogen (secondary N) is 2. The van der Waals surface area contributed by atoms with Crippen LogP contribution in [-0.2, 0) is 6.54 Å². The zero-order valence-electron chi connectivity index (χ0n) is 26.3. The lowest BCUT2D eigenvalue weighted by Gasteiger charge is -2.22. The Bertz CT molecular complexity index is 1610. The van der Waals surface area contributed by atoms with Crippen LogP contribution < -0.4 is 19.5 Å². The van der Waals surface area contributed by atoms with Crippen molar-refractivity contribution >= 4 is 23.9 Å². The van der Waals surface area contributed by atoms with Crippen molar-refractivity contribution in [3.8, 4) is 22.9 Å². The smallest absolute Gasteiger partial charge is 0.335 e. The molecule has 1 saturated carbocycles. The molecule has 0 spiro atoms. The van der Waals surface area contributed by atoms with E-state index in [9.17, 15) is 9.90 Å². The van der Waals surface area contributed by atoms with Crippen molar-refractivity contribution < 1.29 is 19.4 Å². The van der Waals surface area contributed by atoms with Crippen LogP contribution in [-0.4, -0.2) is 49.8 Å². The number of aromatic nitrogens is 4. The van der Waals surface area contributed by atoms with E-state index >= 15 is 0 Å². The first-order valence-electron chi connectivity index (χ1n) is 15.1. The third kappa shape index (κ3) is 9.15. The Morgan fingerprint density at radius 3 is 2.42 bits per heavy atom. The summed E-state index contributed by atoms with van der Waals surface area (Å²) in [7, 11) is 0. The molecule has 3 N–H and O–H groups in total. The molecule has 0 bridgehead atoms. The van der Waals surface area contributed by atoms with Gasteiger partial charge in [0.25, 0.3) is 0 Å². The lowest BCUT2D eigenvalue weighted by molar-refractivity contribution is 0.0696. The van der Waals surface area contributed by atoms with Gasteiger partial charge in [0, 0.05) is 22.6 Å². The minimum Gasteiger partial charge on any atom is -0.488 e. The molecule has 0 unspecified atom stereocenters. The number of hydrogen-bond donors (Lipinski definition) is 3. The van der Waals surface area contributed by atoms with Crippen molar-refractivity contribution in [2.45, 2.75) is 77.5 Å². The number of carboxylic acid groups (broad SMARTS) is 1. The standard InChI is InChI=1S/C34H40N6O4S/c1-21(2)44-26-17-36-29(37-18-26)19-35-25(16-34(5)12-13-34)20-43-30-15-28(31-22(3)8-6-9-23(31)4)38-33(39-30)40-45-27-11-7-10-24(14-27)32(41)42/h6-11,14-15,17-18,21,25,35H,12-13,16,19-20H2,1-5H3,(H,41,42)(H,38,39,40)/t25-/m1/s1. The average Bonchev–Trinajstić information content (AvgIpc) is 3.74. The monoisotopic (exact) mass is 628 g/mol. The lowest BCUT2D eigenvalue weighted by Crippen LogP contribution is -2.36. The minimum absolute atomic E-state index is 0.0517. The fourth-order valence-electron chi connectivity index (χ4n) is 5.08. The number of ether oxygens (including phenoxy) is 2. The molecule has 1 atom stereocenters. The first-order chi connectivity index (χ1) is 21.6. The largest absolute Gasteiger partial charge is 0.488 e. The molecule has 1 fully saturated rings. The molecule has 11 heteroatoms. The molecular weight excluding hydrogens is 588 g/mol. The number of aromatic carboxylic acids is 1. The van der Waals surface area contributed by atoms with Gasteiger partial charge in [0.05, 0.1) is 36.3 Å². The molecule has 0 aliphatic heterocycles. The number of carbonyl (C=O) groups is 1. The van der Waals surface area contributed by atoms with E-state index in [0.717, 1.165) is 33.7 Å². The highest BCUT2D eigenvalue weighted by atomic mass is 32.2. The molecular formula is C34H40N6O4S. The van der Waals surface area contributed by atoms with Crippen LogP contribution in [0.15, 0.2) is 65.8 Å². The van der Waals surface area contributed by atoms with Crippen molar-refractivity contribution in [1.29, 1.82) is 0 Å². The molecule has 2 heterocycles. The zero-order chi connectivity index (χ0) is 32.0. The van der Waals surface area contributed by atoms with Gasteiger partial charge >= 0.3 is 5.97 Å². The van der Waals surface area contributed by atoms with E-state index < -0.39 is 5.97 Å². The van der Waals surface area contributed by atoms with Crippen molar-refractivity contribution in [2.24, 2.45) is 5.41 Å². The van der Waals surface area contributed by atoms with Gasteiger partial charge in [-0.05, 0) is 93.6 Å². The Morgan fingerprint density at radius 1 is 1.04 bits per heavy atom. The Morgan fingerprint density at radius 2 is 1.76 bits per heavy atom. The summed E-state index contributed by atoms with van der Waals surface area (Å²) in [4.78, 5) is 30.6. The van der Waals surface area contributed by atoms with Gasteiger partial charge in [0.2, 0.25) is 11.8 Å². The van der Waals surface area contributed by atoms with Gasteiger partial charge in [-0.2, -0.15) is 4.98 Å². The van der Waals surface area contributed by atoms with Crippen LogP contribution in [0.5, 0.6) is 11.6 Å². The number of hydrogen-bond acceptors (Lipinski definition) is 10. The molecule has 5 rings (SSSR count). The molecule has 0 saturated heterocycles. The third-order valence-electron chi connectivity index (χ3n) is 7.66. The summed E-state index contributed by atoms with van der Waals surface area (Å²) in [5.41, 5.74) is 4.46. The van der Waals surface area contributed by atoms with Gasteiger partial charge in [0.15, 0.2) is 5.75 Å². The molecule has 2 aromatic heterocycles. The molecule has 0 radical (unpaired) electrons. The maximum absolute atomic E-state index is 11.4. The second-order valence-electron chi connectivity index (χ2n) is 12.1. The summed E-state index contributed by atoms with van der Waals surface area (Å²) in [6.45, 7) is 11.3. The highest BCUT2D eigenvalue weighted by molar-refractivity contribution is 8.00. The molecule has 0 amide bonds. The maximum Gasteiger partial charge on any atom is 0.335 e. The second kappa shape index (κ2) is 14.3. The summed E-state index contributed by atoms with van der Waals surface area (Å²) in [5.74, 6) is 1.18. The van der Waals surface area contributed by atoms with Crippen molar-refractivity contribution in [1.82, 2.24) is 25.3 Å².